The number of carbonyl (C=O) groups excluding carboxylic acids is 12. The molecule has 2 saturated heterocycles. The molecule has 556 valence electrons. The average Bonchev–Trinajstić information content (AvgIpc) is 0.819. The largest absolute Gasteiger partial charge is 0.391 e. The van der Waals surface area contributed by atoms with Crippen LogP contribution in [-0.4, -0.2) is 251 Å². The van der Waals surface area contributed by atoms with E-state index in [4.69, 9.17) is 0 Å². The van der Waals surface area contributed by atoms with Gasteiger partial charge in [-0.15, -0.1) is 0 Å². The van der Waals surface area contributed by atoms with Gasteiger partial charge in [0.05, 0.1) is 19.1 Å². The molecule has 3 aromatic rings. The van der Waals surface area contributed by atoms with Crippen molar-refractivity contribution < 1.29 is 62.6 Å². The maximum atomic E-state index is 15.7. The predicted octanol–water partition coefficient (Wildman–Crippen LogP) is 4.08. The highest BCUT2D eigenvalue weighted by Crippen LogP contribution is 2.24. The normalized spacial score (nSPS) is 24.9. The fraction of sp³-hybridized carbons (Fsp3) is 0.605. The van der Waals surface area contributed by atoms with Crippen LogP contribution in [0.3, 0.4) is 0 Å². The first kappa shape index (κ1) is 82.9. The van der Waals surface area contributed by atoms with Gasteiger partial charge in [-0.25, -0.2) is 0 Å². The number of nitrogens with one attached hydrogen (secondary N) is 4. The number of carbonyl (C=O) groups is 12. The molecule has 11 atom stereocenters. The smallest absolute Gasteiger partial charge is 0.248 e. The number of likely N-dealkylation sites (tertiary alicyclic amines) is 1. The van der Waals surface area contributed by atoms with Crippen molar-refractivity contribution >= 4 is 70.9 Å². The van der Waals surface area contributed by atoms with Crippen molar-refractivity contribution in [1.82, 2.24) is 60.5 Å². The minimum atomic E-state index is -1.70. The number of rotatable bonds is 16. The molecule has 0 radical (unpaired) electrons. The summed E-state index contributed by atoms with van der Waals surface area (Å²) in [6.45, 7) is 17.7. The van der Waals surface area contributed by atoms with Gasteiger partial charge < -0.3 is 65.6 Å². The Bertz CT molecular complexity index is 3290. The van der Waals surface area contributed by atoms with E-state index < -0.39 is 150 Å². The van der Waals surface area contributed by atoms with Crippen LogP contribution in [0.25, 0.3) is 0 Å². The summed E-state index contributed by atoms with van der Waals surface area (Å²) in [5, 5.41) is 22.7. The van der Waals surface area contributed by atoms with Crippen molar-refractivity contribution in [3.05, 3.63) is 108 Å². The van der Waals surface area contributed by atoms with Crippen molar-refractivity contribution in [2.75, 3.05) is 69.0 Å². The molecule has 0 aliphatic carbocycles. The zero-order valence-electron chi connectivity index (χ0n) is 62.6. The van der Waals surface area contributed by atoms with Crippen LogP contribution >= 0.6 is 0 Å². The summed E-state index contributed by atoms with van der Waals surface area (Å²) in [5.41, 5.74) is 1.92. The molecule has 0 saturated carbocycles. The Morgan fingerprint density at radius 1 is 0.416 bits per heavy atom. The number of likely N-dealkylation sites (N-methyl/N-ethyl adjacent to an activating group) is 7. The molecule has 0 unspecified atom stereocenters. The molecule has 5 rings (SSSR count). The summed E-state index contributed by atoms with van der Waals surface area (Å²) >= 11 is 0. The molecule has 3 aromatic carbocycles. The number of aliphatic hydroxyl groups is 1. The first-order valence-corrected chi connectivity index (χ1v) is 35.7. The molecular weight excluding hydrogens is 1290 g/mol. The van der Waals surface area contributed by atoms with Gasteiger partial charge in [0.1, 0.15) is 60.4 Å². The third kappa shape index (κ3) is 23.7. The van der Waals surface area contributed by atoms with E-state index in [-0.39, 0.29) is 68.6 Å². The predicted molar refractivity (Wildman–Crippen MR) is 385 cm³/mol. The summed E-state index contributed by atoms with van der Waals surface area (Å²) in [5.74, 6) is -9.42. The molecule has 0 bridgehead atoms. The lowest BCUT2D eigenvalue weighted by Gasteiger charge is -2.38. The monoisotopic (exact) mass is 1400 g/mol. The highest BCUT2D eigenvalue weighted by atomic mass is 16.3. The van der Waals surface area contributed by atoms with Gasteiger partial charge in [-0.2, -0.15) is 0 Å². The molecule has 2 aliphatic rings. The lowest BCUT2D eigenvalue weighted by molar-refractivity contribution is -0.151. The maximum Gasteiger partial charge on any atom is 0.248 e. The van der Waals surface area contributed by atoms with Crippen LogP contribution in [0.5, 0.6) is 0 Å². The fourth-order valence-electron chi connectivity index (χ4n) is 12.9. The van der Waals surface area contributed by atoms with E-state index >= 15 is 28.8 Å². The first-order chi connectivity index (χ1) is 47.5. The van der Waals surface area contributed by atoms with E-state index in [1.165, 1.54) is 82.8 Å². The quantitative estimate of drug-likeness (QED) is 0.135. The van der Waals surface area contributed by atoms with E-state index in [1.54, 1.807) is 95.9 Å². The molecular formula is C76H114N12O13. The summed E-state index contributed by atoms with van der Waals surface area (Å²) in [4.78, 5) is 190. The van der Waals surface area contributed by atoms with E-state index in [9.17, 15) is 33.9 Å². The minimum Gasteiger partial charge on any atom is -0.391 e. The number of hydrogen-bond donors (Lipinski definition) is 5. The molecule has 25 nitrogen and oxygen atoms in total. The highest BCUT2D eigenvalue weighted by molar-refractivity contribution is 6.00. The van der Waals surface area contributed by atoms with Gasteiger partial charge in [-0.3, -0.25) is 57.5 Å². The van der Waals surface area contributed by atoms with Crippen LogP contribution in [0.2, 0.25) is 0 Å². The topological polar surface area (TPSA) is 299 Å². The molecule has 2 fully saturated rings. The lowest BCUT2D eigenvalue weighted by Crippen LogP contribution is -2.62. The third-order valence-electron chi connectivity index (χ3n) is 19.3. The van der Waals surface area contributed by atoms with Gasteiger partial charge in [-0.1, -0.05) is 146 Å². The Morgan fingerprint density at radius 2 is 0.792 bits per heavy atom. The Hall–Kier alpha value is -8.74. The molecule has 2 aliphatic heterocycles. The van der Waals surface area contributed by atoms with Gasteiger partial charge >= 0.3 is 0 Å². The maximum absolute atomic E-state index is 15.7. The molecule has 101 heavy (non-hydrogen) atoms. The van der Waals surface area contributed by atoms with Crippen LogP contribution in [0.1, 0.15) is 137 Å². The summed E-state index contributed by atoms with van der Waals surface area (Å²) in [7, 11) is 9.80. The van der Waals surface area contributed by atoms with Crippen molar-refractivity contribution in [3.8, 4) is 0 Å². The van der Waals surface area contributed by atoms with Gasteiger partial charge in [0.15, 0.2) is 0 Å². The zero-order chi connectivity index (χ0) is 75.3. The van der Waals surface area contributed by atoms with E-state index in [0.29, 0.717) is 42.6 Å². The van der Waals surface area contributed by atoms with Crippen molar-refractivity contribution in [2.24, 2.45) is 23.7 Å². The minimum absolute atomic E-state index is 0.0359. The standard InChI is InChI=1S/C76H114N12O13/c1-47(2)38-56-71(96)86(16)62(41-50(7)8)74(99)84(14)60(42-53-30-22-18-23-31-53)69(94)78-57(39-48(3)4)72(97)87(17)63(44-55-34-26-20-27-35-55)75(100)85(15)61(43-54-32-24-19-25-33-54)70(95)80-66(52(10)89)76(101)81(11)46-65(91)83(13)59(40-49(5)6)68(93)79-58(73(98)88-36-28-21-29-37-88)45-64(90)82(12)51(9)67(92)77-56/h18-20,22-27,30-35,47-52,56-63,66,89H,21,28-29,36-46H2,1-17H3,(H,77,92)(H,78,94)(H,79,93)(H,80,95)/t51-,52+,56-,57-,58-,59-,60-,61-,62-,63-,66-/m0/s1. The van der Waals surface area contributed by atoms with Gasteiger partial charge in [0.25, 0.3) is 0 Å². The molecule has 2 heterocycles. The van der Waals surface area contributed by atoms with E-state index in [0.717, 1.165) is 21.1 Å². The number of hydrogen-bond acceptors (Lipinski definition) is 13. The first-order valence-electron chi connectivity index (χ1n) is 35.7. The number of nitrogens with zero attached hydrogens (tertiary/aromatic N) is 8. The van der Waals surface area contributed by atoms with Crippen molar-refractivity contribution in [3.63, 3.8) is 0 Å². The van der Waals surface area contributed by atoms with Gasteiger partial charge in [-0.05, 0) is 99.2 Å². The van der Waals surface area contributed by atoms with Crippen LogP contribution in [-0.2, 0) is 76.8 Å². The summed E-state index contributed by atoms with van der Waals surface area (Å²) < 4.78 is 0. The number of benzene rings is 3. The Kier molecular flexibility index (Phi) is 31.9. The van der Waals surface area contributed by atoms with Crippen LogP contribution < -0.4 is 21.3 Å². The molecule has 25 heteroatoms. The van der Waals surface area contributed by atoms with Crippen LogP contribution in [0.4, 0.5) is 0 Å². The van der Waals surface area contributed by atoms with Crippen LogP contribution in [0.15, 0.2) is 91.0 Å². The summed E-state index contributed by atoms with van der Waals surface area (Å²) in [6, 6.07) is 13.2. The number of amides is 12. The fourth-order valence-corrected chi connectivity index (χ4v) is 12.9. The molecule has 5 N–H and O–H groups in total. The third-order valence-corrected chi connectivity index (χ3v) is 19.3. The molecule has 12 amide bonds. The second-order valence-electron chi connectivity index (χ2n) is 29.3. The lowest BCUT2D eigenvalue weighted by atomic mass is 9.96. The van der Waals surface area contributed by atoms with Crippen molar-refractivity contribution in [2.45, 2.75) is 206 Å². The Morgan fingerprint density at radius 3 is 1.23 bits per heavy atom. The number of piperidine rings is 1. The number of aliphatic hydroxyl groups excluding tert-OH is 1. The van der Waals surface area contributed by atoms with Crippen LogP contribution in [0, 0.1) is 23.7 Å². The van der Waals surface area contributed by atoms with Gasteiger partial charge in [0, 0.05) is 81.7 Å². The Labute approximate surface area is 598 Å². The average molecular weight is 1400 g/mol. The van der Waals surface area contributed by atoms with Gasteiger partial charge in [0.2, 0.25) is 70.9 Å². The second-order valence-corrected chi connectivity index (χ2v) is 29.3. The SMILES string of the molecule is CC(C)C[C@@H]1NC(=O)[C@H](C)N(C)C(=O)C[C@@H](C(=O)N2CCCCC2)NC(=O)[C@H](CC(C)C)N(C)C(=O)CN(C)C(=O)[C@H]([C@@H](C)O)NC(=O)[C@H](Cc2ccccc2)N(C)C(=O)[C@H](Cc2ccccc2)N(C)C(=O)[C@H](CC(C)C)NC(=O)[C@H](Cc2ccccc2)N(C)C(=O)[C@H](CC(C)C)N(C)C1=O. The van der Waals surface area contributed by atoms with E-state index in [1.807, 2.05) is 55.4 Å². The summed E-state index contributed by atoms with van der Waals surface area (Å²) in [6.07, 6.45) is 0.184. The molecule has 0 aromatic heterocycles. The van der Waals surface area contributed by atoms with E-state index in [2.05, 4.69) is 21.3 Å². The highest BCUT2D eigenvalue weighted by Gasteiger charge is 2.44. The van der Waals surface area contributed by atoms with Crippen molar-refractivity contribution in [1.29, 1.82) is 0 Å². The zero-order valence-corrected chi connectivity index (χ0v) is 62.6. The Balaban J connectivity index is 1.70. The molecule has 0 spiro atoms. The second kappa shape index (κ2) is 38.9.